The van der Waals surface area contributed by atoms with Crippen molar-refractivity contribution in [2.45, 2.75) is 12.8 Å². The number of nitrogens with one attached hydrogen (secondary N) is 1. The average molecular weight is 372 g/mol. The van der Waals surface area contributed by atoms with Crippen molar-refractivity contribution in [3.05, 3.63) is 102 Å². The molecule has 0 fully saturated rings. The molecule has 0 spiro atoms. The molecule has 0 aliphatic carbocycles. The van der Waals surface area contributed by atoms with Gasteiger partial charge in [0.2, 0.25) is 5.91 Å². The summed E-state index contributed by atoms with van der Waals surface area (Å²) in [6.07, 6.45) is 2.53. The minimum atomic E-state index is -0.427. The highest BCUT2D eigenvalue weighted by Gasteiger charge is 2.07. The number of aryl methyl sites for hydroxylation is 1. The monoisotopic (exact) mass is 372 g/mol. The first kappa shape index (κ1) is 19.0. The van der Waals surface area contributed by atoms with Gasteiger partial charge in [0.05, 0.1) is 11.8 Å². The van der Waals surface area contributed by atoms with E-state index >= 15 is 0 Å². The summed E-state index contributed by atoms with van der Waals surface area (Å²) in [4.78, 5) is 24.0. The van der Waals surface area contributed by atoms with E-state index in [0.29, 0.717) is 29.7 Å². The number of hydrazone groups is 1. The van der Waals surface area contributed by atoms with Crippen molar-refractivity contribution >= 4 is 18.1 Å². The number of esters is 1. The molecule has 0 atom stereocenters. The lowest BCUT2D eigenvalue weighted by atomic mass is 10.1. The van der Waals surface area contributed by atoms with Crippen LogP contribution in [0, 0.1) is 0 Å². The van der Waals surface area contributed by atoms with Gasteiger partial charge in [0.25, 0.3) is 0 Å². The summed E-state index contributed by atoms with van der Waals surface area (Å²) in [6, 6.07) is 25.5. The Balaban J connectivity index is 1.51. The van der Waals surface area contributed by atoms with Gasteiger partial charge in [-0.3, -0.25) is 4.79 Å². The average Bonchev–Trinajstić information content (AvgIpc) is 2.74. The Labute approximate surface area is 163 Å². The SMILES string of the molecule is O=C(CCc1ccccc1)NN=Cc1cccc(OC(=O)c2ccccc2)c1. The number of rotatable bonds is 7. The van der Waals surface area contributed by atoms with Crippen LogP contribution in [0.1, 0.15) is 27.9 Å². The smallest absolute Gasteiger partial charge is 0.343 e. The lowest BCUT2D eigenvalue weighted by molar-refractivity contribution is -0.121. The van der Waals surface area contributed by atoms with E-state index in [9.17, 15) is 9.59 Å². The fraction of sp³-hybridized carbons (Fsp3) is 0.0870. The van der Waals surface area contributed by atoms with Crippen molar-refractivity contribution in [3.8, 4) is 5.75 Å². The molecule has 3 rings (SSSR count). The van der Waals surface area contributed by atoms with Crippen LogP contribution >= 0.6 is 0 Å². The van der Waals surface area contributed by atoms with E-state index in [-0.39, 0.29) is 5.91 Å². The predicted octanol–water partition coefficient (Wildman–Crippen LogP) is 3.99. The zero-order valence-corrected chi connectivity index (χ0v) is 15.2. The second-order valence-electron chi connectivity index (χ2n) is 6.11. The van der Waals surface area contributed by atoms with E-state index in [1.807, 2.05) is 36.4 Å². The fourth-order valence-corrected chi connectivity index (χ4v) is 2.54. The summed E-state index contributed by atoms with van der Waals surface area (Å²) in [5.41, 5.74) is 4.81. The van der Waals surface area contributed by atoms with Gasteiger partial charge >= 0.3 is 5.97 Å². The minimum absolute atomic E-state index is 0.160. The van der Waals surface area contributed by atoms with Gasteiger partial charge in [0.1, 0.15) is 5.75 Å². The molecule has 0 unspecified atom stereocenters. The van der Waals surface area contributed by atoms with Crippen molar-refractivity contribution in [2.75, 3.05) is 0 Å². The molecule has 0 saturated heterocycles. The molecule has 0 saturated carbocycles. The van der Waals surface area contributed by atoms with Crippen molar-refractivity contribution in [1.29, 1.82) is 0 Å². The van der Waals surface area contributed by atoms with Crippen molar-refractivity contribution < 1.29 is 14.3 Å². The normalized spacial score (nSPS) is 10.6. The largest absolute Gasteiger partial charge is 0.423 e. The Morgan fingerprint density at radius 1 is 0.893 bits per heavy atom. The molecule has 0 aliphatic heterocycles. The molecule has 5 nitrogen and oxygen atoms in total. The molecule has 140 valence electrons. The van der Waals surface area contributed by atoms with Crippen molar-refractivity contribution in [2.24, 2.45) is 5.10 Å². The lowest BCUT2D eigenvalue weighted by Crippen LogP contribution is -2.17. The van der Waals surface area contributed by atoms with E-state index < -0.39 is 5.97 Å². The molecule has 0 bridgehead atoms. The Bertz CT molecular complexity index is 954. The number of amides is 1. The third-order valence-electron chi connectivity index (χ3n) is 3.96. The van der Waals surface area contributed by atoms with Gasteiger partial charge in [0.15, 0.2) is 0 Å². The quantitative estimate of drug-likeness (QED) is 0.295. The van der Waals surface area contributed by atoms with Gasteiger partial charge in [0, 0.05) is 6.42 Å². The third kappa shape index (κ3) is 5.92. The molecule has 0 aromatic heterocycles. The molecular weight excluding hydrogens is 352 g/mol. The lowest BCUT2D eigenvalue weighted by Gasteiger charge is -2.05. The highest BCUT2D eigenvalue weighted by atomic mass is 16.5. The Kier molecular flexibility index (Phi) is 6.68. The number of hydrogen-bond donors (Lipinski definition) is 1. The third-order valence-corrected chi connectivity index (χ3v) is 3.96. The minimum Gasteiger partial charge on any atom is -0.423 e. The summed E-state index contributed by atoms with van der Waals surface area (Å²) in [5.74, 6) is -0.177. The second kappa shape index (κ2) is 9.83. The summed E-state index contributed by atoms with van der Waals surface area (Å²) in [5, 5.41) is 3.97. The van der Waals surface area contributed by atoms with Crippen LogP contribution in [0.3, 0.4) is 0 Å². The number of benzene rings is 3. The maximum absolute atomic E-state index is 12.1. The van der Waals surface area contributed by atoms with Gasteiger partial charge < -0.3 is 4.74 Å². The molecule has 3 aromatic carbocycles. The van der Waals surface area contributed by atoms with E-state index in [0.717, 1.165) is 5.56 Å². The zero-order chi connectivity index (χ0) is 19.6. The Hall–Kier alpha value is -3.73. The highest BCUT2D eigenvalue weighted by Crippen LogP contribution is 2.14. The molecule has 3 aromatic rings. The van der Waals surface area contributed by atoms with E-state index in [4.69, 9.17) is 4.74 Å². The van der Waals surface area contributed by atoms with Crippen LogP contribution in [-0.4, -0.2) is 18.1 Å². The van der Waals surface area contributed by atoms with Gasteiger partial charge in [-0.15, -0.1) is 0 Å². The molecule has 0 heterocycles. The number of hydrogen-bond acceptors (Lipinski definition) is 4. The topological polar surface area (TPSA) is 67.8 Å². The van der Waals surface area contributed by atoms with E-state index in [1.165, 1.54) is 6.21 Å². The highest BCUT2D eigenvalue weighted by molar-refractivity contribution is 5.91. The fourth-order valence-electron chi connectivity index (χ4n) is 2.54. The van der Waals surface area contributed by atoms with Crippen LogP contribution in [0.15, 0.2) is 90.0 Å². The van der Waals surface area contributed by atoms with Gasteiger partial charge in [-0.25, -0.2) is 10.2 Å². The standard InChI is InChI=1S/C23H20N2O3/c26-22(15-14-18-8-3-1-4-9-18)25-24-17-19-10-7-13-21(16-19)28-23(27)20-11-5-2-6-12-20/h1-13,16-17H,14-15H2,(H,25,26). The molecule has 0 radical (unpaired) electrons. The van der Waals surface area contributed by atoms with E-state index in [2.05, 4.69) is 10.5 Å². The Morgan fingerprint density at radius 3 is 2.36 bits per heavy atom. The van der Waals surface area contributed by atoms with Crippen molar-refractivity contribution in [1.82, 2.24) is 5.43 Å². The van der Waals surface area contributed by atoms with E-state index in [1.54, 1.807) is 48.5 Å². The van der Waals surface area contributed by atoms with Crippen LogP contribution in [0.5, 0.6) is 5.75 Å². The maximum Gasteiger partial charge on any atom is 0.343 e. The predicted molar refractivity (Wildman–Crippen MR) is 108 cm³/mol. The molecule has 1 N–H and O–H groups in total. The summed E-state index contributed by atoms with van der Waals surface area (Å²) in [6.45, 7) is 0. The molecular formula is C23H20N2O3. The number of carbonyl (C=O) groups excluding carboxylic acids is 2. The molecule has 1 amide bonds. The molecule has 5 heteroatoms. The first-order valence-electron chi connectivity index (χ1n) is 8.94. The number of ether oxygens (including phenoxy) is 1. The van der Waals surface area contributed by atoms with Gasteiger partial charge in [-0.05, 0) is 41.8 Å². The van der Waals surface area contributed by atoms with Crippen LogP contribution in [0.4, 0.5) is 0 Å². The van der Waals surface area contributed by atoms with Gasteiger partial charge in [-0.1, -0.05) is 60.7 Å². The van der Waals surface area contributed by atoms with Crippen LogP contribution < -0.4 is 10.2 Å². The number of nitrogens with zero attached hydrogens (tertiary/aromatic N) is 1. The Morgan fingerprint density at radius 2 is 1.61 bits per heavy atom. The van der Waals surface area contributed by atoms with Gasteiger partial charge in [-0.2, -0.15) is 5.10 Å². The molecule has 28 heavy (non-hydrogen) atoms. The van der Waals surface area contributed by atoms with Crippen LogP contribution in [-0.2, 0) is 11.2 Å². The first-order valence-corrected chi connectivity index (χ1v) is 8.94. The zero-order valence-electron chi connectivity index (χ0n) is 15.2. The second-order valence-corrected chi connectivity index (χ2v) is 6.11. The van der Waals surface area contributed by atoms with Crippen LogP contribution in [0.25, 0.3) is 0 Å². The summed E-state index contributed by atoms with van der Waals surface area (Å²) < 4.78 is 5.37. The number of carbonyl (C=O) groups is 2. The molecule has 0 aliphatic rings. The maximum atomic E-state index is 12.1. The summed E-state index contributed by atoms with van der Waals surface area (Å²) in [7, 11) is 0. The summed E-state index contributed by atoms with van der Waals surface area (Å²) >= 11 is 0. The first-order chi connectivity index (χ1) is 13.7. The van der Waals surface area contributed by atoms with Crippen molar-refractivity contribution in [3.63, 3.8) is 0 Å². The van der Waals surface area contributed by atoms with Crippen LogP contribution in [0.2, 0.25) is 0 Å².